The fraction of sp³-hybridized carbons (Fsp3) is 0.280. The molecule has 2 amide bonds. The molecule has 0 aliphatic carbocycles. The van der Waals surface area contributed by atoms with Gasteiger partial charge in [-0.05, 0) is 54.3 Å². The van der Waals surface area contributed by atoms with Gasteiger partial charge in [-0.15, -0.1) is 0 Å². The third-order valence-electron chi connectivity index (χ3n) is 5.36. The number of amides is 2. The van der Waals surface area contributed by atoms with Gasteiger partial charge < -0.3 is 21.7 Å². The number of rotatable bonds is 10. The van der Waals surface area contributed by atoms with E-state index in [0.29, 0.717) is 38.0 Å². The minimum absolute atomic E-state index is 0.142. The van der Waals surface area contributed by atoms with Crippen LogP contribution in [0.2, 0.25) is 0 Å². The number of fused-ring (bicyclic) bond motifs is 1. The molecule has 31 heavy (non-hydrogen) atoms. The lowest BCUT2D eigenvalue weighted by Gasteiger charge is -2.31. The molecule has 5 N–H and O–H groups in total. The van der Waals surface area contributed by atoms with Crippen LogP contribution in [0.15, 0.2) is 72.8 Å². The van der Waals surface area contributed by atoms with Gasteiger partial charge in [0.1, 0.15) is 6.04 Å². The van der Waals surface area contributed by atoms with Gasteiger partial charge >= 0.3 is 0 Å². The average molecular weight is 419 g/mol. The lowest BCUT2D eigenvalue weighted by atomic mass is 10.1. The number of anilines is 1. The molecule has 0 heterocycles. The first-order chi connectivity index (χ1) is 15.1. The van der Waals surface area contributed by atoms with Crippen molar-refractivity contribution in [2.75, 3.05) is 25.0 Å². The number of nitrogens with one attached hydrogen (secondary N) is 1. The first kappa shape index (κ1) is 22.5. The number of nitrogens with zero attached hydrogens (tertiary/aromatic N) is 1. The number of carbonyl (C=O) groups excluding carboxylic acids is 2. The van der Waals surface area contributed by atoms with Crippen molar-refractivity contribution in [1.82, 2.24) is 4.90 Å². The van der Waals surface area contributed by atoms with E-state index in [4.69, 9.17) is 11.5 Å². The van der Waals surface area contributed by atoms with Crippen LogP contribution in [0.25, 0.3) is 10.8 Å². The van der Waals surface area contributed by atoms with Gasteiger partial charge in [-0.2, -0.15) is 0 Å². The second-order valence-electron chi connectivity index (χ2n) is 7.52. The van der Waals surface area contributed by atoms with Crippen molar-refractivity contribution in [1.29, 1.82) is 0 Å². The van der Waals surface area contributed by atoms with E-state index in [0.717, 1.165) is 16.3 Å². The van der Waals surface area contributed by atoms with Crippen LogP contribution in [0.1, 0.15) is 18.4 Å². The van der Waals surface area contributed by atoms with E-state index in [1.807, 2.05) is 72.8 Å². The van der Waals surface area contributed by atoms with E-state index in [1.165, 1.54) is 0 Å². The molecule has 1 unspecified atom stereocenters. The van der Waals surface area contributed by atoms with Crippen LogP contribution in [-0.4, -0.2) is 42.4 Å². The fourth-order valence-corrected chi connectivity index (χ4v) is 3.70. The zero-order valence-electron chi connectivity index (χ0n) is 17.7. The monoisotopic (exact) mass is 418 g/mol. The highest BCUT2D eigenvalue weighted by Gasteiger charge is 2.28. The maximum atomic E-state index is 13.2. The highest BCUT2D eigenvalue weighted by atomic mass is 16.2. The highest BCUT2D eigenvalue weighted by molar-refractivity contribution is 5.99. The van der Waals surface area contributed by atoms with E-state index in [2.05, 4.69) is 5.32 Å². The predicted molar refractivity (Wildman–Crippen MR) is 126 cm³/mol. The summed E-state index contributed by atoms with van der Waals surface area (Å²) in [6.45, 7) is 0.723. The lowest BCUT2D eigenvalue weighted by molar-refractivity contribution is -0.137. The third-order valence-corrected chi connectivity index (χ3v) is 5.36. The molecule has 1 atom stereocenters. The average Bonchev–Trinajstić information content (AvgIpc) is 2.81. The zero-order valence-corrected chi connectivity index (χ0v) is 17.7. The van der Waals surface area contributed by atoms with Crippen LogP contribution in [0.5, 0.6) is 0 Å². The van der Waals surface area contributed by atoms with Crippen molar-refractivity contribution in [3.05, 3.63) is 78.4 Å². The van der Waals surface area contributed by atoms with Crippen LogP contribution in [-0.2, 0) is 16.0 Å². The number of benzene rings is 3. The molecule has 3 aromatic carbocycles. The van der Waals surface area contributed by atoms with Crippen molar-refractivity contribution in [3.63, 3.8) is 0 Å². The Morgan fingerprint density at radius 2 is 1.61 bits per heavy atom. The minimum atomic E-state index is -0.630. The van der Waals surface area contributed by atoms with Crippen molar-refractivity contribution in [2.45, 2.75) is 25.3 Å². The Morgan fingerprint density at radius 3 is 2.32 bits per heavy atom. The van der Waals surface area contributed by atoms with E-state index >= 15 is 0 Å². The summed E-state index contributed by atoms with van der Waals surface area (Å²) in [7, 11) is 0. The van der Waals surface area contributed by atoms with Crippen molar-refractivity contribution in [3.8, 4) is 0 Å². The Hall–Kier alpha value is -3.22. The standard InChI is InChI=1S/C25H30N4O2/c26-15-6-11-23(29(24(30)18-27)16-14-19-7-2-1-3-8-19)25(31)28-22-13-12-20-9-4-5-10-21(20)17-22/h1-5,7-10,12-13,17,23H,6,11,14-16,18,26-27H2,(H,28,31). The second-order valence-corrected chi connectivity index (χ2v) is 7.52. The van der Waals surface area contributed by atoms with Gasteiger partial charge in [0.2, 0.25) is 11.8 Å². The molecule has 0 saturated heterocycles. The van der Waals surface area contributed by atoms with Gasteiger partial charge in [0.05, 0.1) is 6.54 Å². The third kappa shape index (κ3) is 6.13. The molecule has 0 radical (unpaired) electrons. The largest absolute Gasteiger partial charge is 0.330 e. The lowest BCUT2D eigenvalue weighted by Crippen LogP contribution is -2.50. The number of carbonyl (C=O) groups is 2. The zero-order chi connectivity index (χ0) is 22.1. The molecule has 6 nitrogen and oxygen atoms in total. The quantitative estimate of drug-likeness (QED) is 0.471. The van der Waals surface area contributed by atoms with Crippen LogP contribution in [0.3, 0.4) is 0 Å². The number of hydrogen-bond donors (Lipinski definition) is 3. The predicted octanol–water partition coefficient (Wildman–Crippen LogP) is 2.92. The molecule has 0 spiro atoms. The van der Waals surface area contributed by atoms with Crippen molar-refractivity contribution in [2.24, 2.45) is 11.5 Å². The topological polar surface area (TPSA) is 101 Å². The summed E-state index contributed by atoms with van der Waals surface area (Å²) < 4.78 is 0. The van der Waals surface area contributed by atoms with Gasteiger partial charge in [-0.3, -0.25) is 9.59 Å². The Labute approximate surface area is 183 Å². The molecule has 162 valence electrons. The normalized spacial score (nSPS) is 11.8. The summed E-state index contributed by atoms with van der Waals surface area (Å²) in [5.74, 6) is -0.467. The fourth-order valence-electron chi connectivity index (χ4n) is 3.70. The van der Waals surface area contributed by atoms with E-state index in [-0.39, 0.29) is 18.4 Å². The van der Waals surface area contributed by atoms with Gasteiger partial charge in [0.25, 0.3) is 0 Å². The smallest absolute Gasteiger partial charge is 0.247 e. The van der Waals surface area contributed by atoms with E-state index in [9.17, 15) is 9.59 Å². The first-order valence-corrected chi connectivity index (χ1v) is 10.7. The molecule has 0 saturated carbocycles. The molecular formula is C25H30N4O2. The molecule has 0 aromatic heterocycles. The molecular weight excluding hydrogens is 388 g/mol. The second kappa shape index (κ2) is 11.2. The molecule has 0 aliphatic rings. The van der Waals surface area contributed by atoms with E-state index < -0.39 is 6.04 Å². The molecule has 3 rings (SSSR count). The summed E-state index contributed by atoms with van der Waals surface area (Å²) in [4.78, 5) is 27.5. The molecule has 0 bridgehead atoms. The molecule has 6 heteroatoms. The summed E-state index contributed by atoms with van der Waals surface area (Å²) in [6, 6.07) is 23.0. The Kier molecular flexibility index (Phi) is 8.15. The van der Waals surface area contributed by atoms with Crippen LogP contribution in [0, 0.1) is 0 Å². The SMILES string of the molecule is NCCCC(C(=O)Nc1ccc2ccccc2c1)N(CCc1ccccc1)C(=O)CN. The Bertz CT molecular complexity index is 1010. The maximum absolute atomic E-state index is 13.2. The maximum Gasteiger partial charge on any atom is 0.247 e. The summed E-state index contributed by atoms with van der Waals surface area (Å²) >= 11 is 0. The number of hydrogen-bond acceptors (Lipinski definition) is 4. The first-order valence-electron chi connectivity index (χ1n) is 10.7. The van der Waals surface area contributed by atoms with Crippen LogP contribution >= 0.6 is 0 Å². The Balaban J connectivity index is 1.79. The van der Waals surface area contributed by atoms with Gasteiger partial charge in [-0.25, -0.2) is 0 Å². The Morgan fingerprint density at radius 1 is 0.903 bits per heavy atom. The van der Waals surface area contributed by atoms with Crippen LogP contribution < -0.4 is 16.8 Å². The minimum Gasteiger partial charge on any atom is -0.330 e. The highest BCUT2D eigenvalue weighted by Crippen LogP contribution is 2.20. The summed E-state index contributed by atoms with van der Waals surface area (Å²) in [6.07, 6.45) is 1.76. The van der Waals surface area contributed by atoms with Gasteiger partial charge in [-0.1, -0.05) is 60.7 Å². The van der Waals surface area contributed by atoms with Gasteiger partial charge in [0.15, 0.2) is 0 Å². The van der Waals surface area contributed by atoms with Crippen molar-refractivity contribution >= 4 is 28.3 Å². The molecule has 0 fully saturated rings. The van der Waals surface area contributed by atoms with E-state index in [1.54, 1.807) is 4.90 Å². The van der Waals surface area contributed by atoms with Crippen LogP contribution in [0.4, 0.5) is 5.69 Å². The number of nitrogens with two attached hydrogens (primary N) is 2. The summed E-state index contributed by atoms with van der Waals surface area (Å²) in [5.41, 5.74) is 13.2. The molecule has 0 aliphatic heterocycles. The van der Waals surface area contributed by atoms with Crippen molar-refractivity contribution < 1.29 is 9.59 Å². The molecule has 3 aromatic rings. The summed E-state index contributed by atoms with van der Waals surface area (Å²) in [5, 5.41) is 5.13. The van der Waals surface area contributed by atoms with Gasteiger partial charge in [0, 0.05) is 12.2 Å².